The molecule has 0 atom stereocenters. The average Bonchev–Trinajstić information content (AvgIpc) is 3.29. The van der Waals surface area contributed by atoms with Crippen molar-refractivity contribution >= 4 is 23.6 Å². The standard InChI is InChI=1S/C17H16N4O3S/c1-11-9-12(24-21-11)10-25-15-7-3-2-5-13(15)16(22)19-20-17(23)14-6-4-8-18-14/h2-9,18H,10H2,1H3,(H,19,22)(H,20,23). The van der Waals surface area contributed by atoms with Gasteiger partial charge in [-0.1, -0.05) is 17.3 Å². The van der Waals surface area contributed by atoms with Gasteiger partial charge in [0.1, 0.15) is 11.5 Å². The SMILES string of the molecule is Cc1cc(CSc2ccccc2C(=O)NNC(=O)c2ccc[nH]2)on1. The number of rotatable bonds is 5. The Balaban J connectivity index is 1.63. The number of aromatic amines is 1. The molecule has 3 rings (SSSR count). The van der Waals surface area contributed by atoms with Gasteiger partial charge in [0.15, 0.2) is 0 Å². The number of nitrogens with one attached hydrogen (secondary N) is 3. The number of thioether (sulfide) groups is 1. The molecule has 0 saturated carbocycles. The van der Waals surface area contributed by atoms with E-state index in [4.69, 9.17) is 4.52 Å². The summed E-state index contributed by atoms with van der Waals surface area (Å²) in [5, 5.41) is 3.84. The van der Waals surface area contributed by atoms with Crippen LogP contribution in [0.25, 0.3) is 0 Å². The van der Waals surface area contributed by atoms with Crippen molar-refractivity contribution in [1.82, 2.24) is 21.0 Å². The maximum Gasteiger partial charge on any atom is 0.286 e. The molecule has 25 heavy (non-hydrogen) atoms. The van der Waals surface area contributed by atoms with Crippen LogP contribution >= 0.6 is 11.8 Å². The van der Waals surface area contributed by atoms with Crippen molar-refractivity contribution in [2.75, 3.05) is 0 Å². The maximum absolute atomic E-state index is 12.4. The molecule has 8 heteroatoms. The lowest BCUT2D eigenvalue weighted by atomic mass is 10.2. The number of hydrogen-bond acceptors (Lipinski definition) is 5. The van der Waals surface area contributed by atoms with Crippen molar-refractivity contribution in [1.29, 1.82) is 0 Å². The zero-order valence-corrected chi connectivity index (χ0v) is 14.2. The van der Waals surface area contributed by atoms with E-state index in [0.29, 0.717) is 17.0 Å². The Kier molecular flexibility index (Phi) is 5.20. The van der Waals surface area contributed by atoms with Gasteiger partial charge in [-0.25, -0.2) is 0 Å². The lowest BCUT2D eigenvalue weighted by Crippen LogP contribution is -2.41. The highest BCUT2D eigenvalue weighted by Crippen LogP contribution is 2.26. The van der Waals surface area contributed by atoms with Crippen LogP contribution in [0.4, 0.5) is 0 Å². The van der Waals surface area contributed by atoms with E-state index in [1.165, 1.54) is 11.8 Å². The summed E-state index contributed by atoms with van der Waals surface area (Å²) in [7, 11) is 0. The van der Waals surface area contributed by atoms with Crippen molar-refractivity contribution in [3.63, 3.8) is 0 Å². The number of hydrogen-bond donors (Lipinski definition) is 3. The molecular formula is C17H16N4O3S. The first-order chi connectivity index (χ1) is 12.1. The van der Waals surface area contributed by atoms with Crippen molar-refractivity contribution in [2.45, 2.75) is 17.6 Å². The molecular weight excluding hydrogens is 340 g/mol. The number of amides is 2. The van der Waals surface area contributed by atoms with Crippen molar-refractivity contribution in [2.24, 2.45) is 0 Å². The summed E-state index contributed by atoms with van der Waals surface area (Å²) in [5.74, 6) is 0.482. The normalized spacial score (nSPS) is 10.4. The van der Waals surface area contributed by atoms with Gasteiger partial charge in [-0.3, -0.25) is 20.4 Å². The van der Waals surface area contributed by atoms with Crippen LogP contribution in [0.15, 0.2) is 58.1 Å². The minimum absolute atomic E-state index is 0.364. The van der Waals surface area contributed by atoms with E-state index in [2.05, 4.69) is 21.0 Å². The van der Waals surface area contributed by atoms with Gasteiger partial charge in [-0.2, -0.15) is 0 Å². The lowest BCUT2D eigenvalue weighted by molar-refractivity contribution is 0.0842. The number of carbonyl (C=O) groups is 2. The molecule has 3 aromatic rings. The first kappa shape index (κ1) is 16.8. The second-order valence-corrected chi connectivity index (χ2v) is 6.23. The fourth-order valence-corrected chi connectivity index (χ4v) is 3.06. The van der Waals surface area contributed by atoms with E-state index in [9.17, 15) is 9.59 Å². The molecule has 2 amide bonds. The Morgan fingerprint density at radius 3 is 2.68 bits per heavy atom. The Morgan fingerprint density at radius 1 is 1.16 bits per heavy atom. The molecule has 3 N–H and O–H groups in total. The topological polar surface area (TPSA) is 100 Å². The number of carbonyl (C=O) groups excluding carboxylic acids is 2. The number of hydrazine groups is 1. The van der Waals surface area contributed by atoms with E-state index in [0.717, 1.165) is 16.3 Å². The molecule has 7 nitrogen and oxygen atoms in total. The van der Waals surface area contributed by atoms with E-state index < -0.39 is 11.8 Å². The number of H-pyrrole nitrogens is 1. The molecule has 2 heterocycles. The highest BCUT2D eigenvalue weighted by Gasteiger charge is 2.14. The third kappa shape index (κ3) is 4.30. The van der Waals surface area contributed by atoms with Crippen LogP contribution in [-0.4, -0.2) is 22.0 Å². The second kappa shape index (κ2) is 7.71. The highest BCUT2D eigenvalue weighted by atomic mass is 32.2. The average molecular weight is 356 g/mol. The summed E-state index contributed by atoms with van der Waals surface area (Å²) in [5.41, 5.74) is 6.45. The molecule has 128 valence electrons. The zero-order chi connectivity index (χ0) is 17.6. The lowest BCUT2D eigenvalue weighted by Gasteiger charge is -2.10. The zero-order valence-electron chi connectivity index (χ0n) is 13.4. The summed E-state index contributed by atoms with van der Waals surface area (Å²) >= 11 is 1.46. The fraction of sp³-hybridized carbons (Fsp3) is 0.118. The number of benzene rings is 1. The Morgan fingerprint density at radius 2 is 1.96 bits per heavy atom. The maximum atomic E-state index is 12.4. The molecule has 0 saturated heterocycles. The second-order valence-electron chi connectivity index (χ2n) is 5.21. The Labute approximate surface area is 148 Å². The summed E-state index contributed by atoms with van der Waals surface area (Å²) in [6, 6.07) is 12.3. The van der Waals surface area contributed by atoms with Crippen molar-refractivity contribution in [3.05, 3.63) is 71.4 Å². The Hall–Kier alpha value is -3.00. The molecule has 2 aromatic heterocycles. The molecule has 0 spiro atoms. The van der Waals surface area contributed by atoms with Crippen LogP contribution in [0.3, 0.4) is 0 Å². The third-order valence-electron chi connectivity index (χ3n) is 3.31. The summed E-state index contributed by atoms with van der Waals surface area (Å²) in [6.07, 6.45) is 1.63. The van der Waals surface area contributed by atoms with Crippen LogP contribution in [-0.2, 0) is 5.75 Å². The first-order valence-corrected chi connectivity index (χ1v) is 8.50. The van der Waals surface area contributed by atoms with Gasteiger partial charge in [0.05, 0.1) is 17.0 Å². The van der Waals surface area contributed by atoms with Gasteiger partial charge >= 0.3 is 0 Å². The molecule has 0 unspecified atom stereocenters. The molecule has 0 bridgehead atoms. The number of nitrogens with zero attached hydrogens (tertiary/aromatic N) is 1. The third-order valence-corrected chi connectivity index (χ3v) is 4.41. The minimum Gasteiger partial charge on any atom is -0.360 e. The molecule has 0 aliphatic heterocycles. The van der Waals surface area contributed by atoms with E-state index >= 15 is 0 Å². The van der Waals surface area contributed by atoms with E-state index in [-0.39, 0.29) is 0 Å². The first-order valence-electron chi connectivity index (χ1n) is 7.51. The van der Waals surface area contributed by atoms with Crippen molar-refractivity contribution in [3.8, 4) is 0 Å². The van der Waals surface area contributed by atoms with Gasteiger partial charge in [0.2, 0.25) is 0 Å². The fourth-order valence-electron chi connectivity index (χ4n) is 2.13. The number of aryl methyl sites for hydroxylation is 1. The quantitative estimate of drug-likeness (QED) is 0.482. The molecule has 0 radical (unpaired) electrons. The van der Waals surface area contributed by atoms with Gasteiger partial charge in [-0.05, 0) is 31.2 Å². The largest absolute Gasteiger partial charge is 0.360 e. The molecule has 1 aromatic carbocycles. The summed E-state index contributed by atoms with van der Waals surface area (Å²) in [4.78, 5) is 27.8. The van der Waals surface area contributed by atoms with Gasteiger partial charge in [-0.15, -0.1) is 11.8 Å². The van der Waals surface area contributed by atoms with Gasteiger partial charge in [0, 0.05) is 17.2 Å². The highest BCUT2D eigenvalue weighted by molar-refractivity contribution is 7.98. The van der Waals surface area contributed by atoms with E-state index in [1.807, 2.05) is 25.1 Å². The van der Waals surface area contributed by atoms with Crippen LogP contribution in [0.2, 0.25) is 0 Å². The van der Waals surface area contributed by atoms with Gasteiger partial charge in [0.25, 0.3) is 11.8 Å². The van der Waals surface area contributed by atoms with Crippen LogP contribution in [0.1, 0.15) is 32.3 Å². The van der Waals surface area contributed by atoms with Crippen LogP contribution in [0, 0.1) is 6.92 Å². The smallest absolute Gasteiger partial charge is 0.286 e. The molecule has 0 fully saturated rings. The van der Waals surface area contributed by atoms with Crippen molar-refractivity contribution < 1.29 is 14.1 Å². The summed E-state index contributed by atoms with van der Waals surface area (Å²) in [6.45, 7) is 1.85. The van der Waals surface area contributed by atoms with E-state index in [1.54, 1.807) is 30.5 Å². The predicted molar refractivity (Wildman–Crippen MR) is 93.0 cm³/mol. The minimum atomic E-state index is -0.416. The van der Waals surface area contributed by atoms with Crippen LogP contribution in [0.5, 0.6) is 0 Å². The van der Waals surface area contributed by atoms with Crippen LogP contribution < -0.4 is 10.9 Å². The van der Waals surface area contributed by atoms with Gasteiger partial charge < -0.3 is 9.51 Å². The predicted octanol–water partition coefficient (Wildman–Crippen LogP) is 2.68. The Bertz CT molecular complexity index is 874. The monoisotopic (exact) mass is 356 g/mol. The molecule has 0 aliphatic rings. The molecule has 0 aliphatic carbocycles. The number of aromatic nitrogens is 2. The summed E-state index contributed by atoms with van der Waals surface area (Å²) < 4.78 is 5.17.